The van der Waals surface area contributed by atoms with Crippen molar-refractivity contribution >= 4 is 18.5 Å². The summed E-state index contributed by atoms with van der Waals surface area (Å²) in [7, 11) is 0. The van der Waals surface area contributed by atoms with Crippen LogP contribution in [0.2, 0.25) is 0 Å². The van der Waals surface area contributed by atoms with E-state index in [1.807, 2.05) is 5.32 Å². The monoisotopic (exact) mass is 315 g/mol. The number of rotatable bonds is 3. The molecule has 9 heteroatoms. The number of carbonyl (C=O) groups excluding carboxylic acids is 1. The molecule has 0 aliphatic carbocycles. The van der Waals surface area contributed by atoms with Gasteiger partial charge in [0.25, 0.3) is 0 Å². The number of hydrogen-bond donors (Lipinski definition) is 1. The number of amides is 1. The summed E-state index contributed by atoms with van der Waals surface area (Å²) in [4.78, 5) is 11.0. The molecule has 1 amide bonds. The quantitative estimate of drug-likeness (QED) is 0.872. The highest BCUT2D eigenvalue weighted by Crippen LogP contribution is 2.35. The summed E-state index contributed by atoms with van der Waals surface area (Å²) >= 11 is 0. The maximum absolute atomic E-state index is 13.5. The van der Waals surface area contributed by atoms with Crippen LogP contribution in [0, 0.1) is 0 Å². The summed E-state index contributed by atoms with van der Waals surface area (Å²) in [5.41, 5.74) is 0.0725. The van der Waals surface area contributed by atoms with Gasteiger partial charge in [0.15, 0.2) is 6.61 Å². The molecule has 0 spiro atoms. The first kappa shape index (κ1) is 16.4. The molecule has 4 nitrogen and oxygen atoms in total. The lowest BCUT2D eigenvalue weighted by molar-refractivity contribution is -0.104. The van der Waals surface area contributed by atoms with Gasteiger partial charge in [-0.15, -0.1) is 12.4 Å². The van der Waals surface area contributed by atoms with Crippen molar-refractivity contribution in [1.29, 1.82) is 0 Å². The van der Waals surface area contributed by atoms with E-state index in [-0.39, 0.29) is 23.7 Å². The first-order valence-electron chi connectivity index (χ1n) is 5.24. The Morgan fingerprint density at radius 1 is 1.30 bits per heavy atom. The average molecular weight is 316 g/mol. The molecule has 1 aliphatic rings. The number of carbonyl (C=O) groups is 1. The lowest BCUT2D eigenvalue weighted by Crippen LogP contribution is -2.49. The fraction of sp³-hybridized carbons (Fsp3) is 0.364. The van der Waals surface area contributed by atoms with Crippen LogP contribution >= 0.6 is 12.4 Å². The normalized spacial score (nSPS) is 20.6. The van der Waals surface area contributed by atoms with Gasteiger partial charge in [-0.1, -0.05) is 12.1 Å². The second-order valence-corrected chi connectivity index (χ2v) is 3.86. The standard InChI is InChI=1S/C11H9F4NO3.ClH/c12-9(13)19-7-3-1-6(2-4-7)8-11(14,15)5-18-10(17)16-8;/h1-4,8-9H,5H2,(H,16,17);1H/t8-;/m0./s1. The number of ether oxygens (including phenoxy) is 2. The van der Waals surface area contributed by atoms with Crippen LogP contribution in [0.4, 0.5) is 22.4 Å². The molecule has 1 heterocycles. The molecule has 1 saturated heterocycles. The number of benzene rings is 1. The summed E-state index contributed by atoms with van der Waals surface area (Å²) in [6.07, 6.45) is -0.955. The predicted octanol–water partition coefficient (Wildman–Crippen LogP) is 3.13. The third kappa shape index (κ3) is 3.66. The zero-order valence-corrected chi connectivity index (χ0v) is 10.6. The van der Waals surface area contributed by atoms with Crippen molar-refractivity contribution in [3.63, 3.8) is 0 Å². The Hall–Kier alpha value is -1.70. The topological polar surface area (TPSA) is 47.6 Å². The molecule has 1 aromatic carbocycles. The second-order valence-electron chi connectivity index (χ2n) is 3.86. The van der Waals surface area contributed by atoms with Crippen LogP contribution in [0.15, 0.2) is 24.3 Å². The predicted molar refractivity (Wildman–Crippen MR) is 62.5 cm³/mol. The van der Waals surface area contributed by atoms with Crippen LogP contribution in [-0.2, 0) is 4.74 Å². The van der Waals surface area contributed by atoms with E-state index in [9.17, 15) is 22.4 Å². The van der Waals surface area contributed by atoms with Crippen molar-refractivity contribution in [2.75, 3.05) is 6.61 Å². The van der Waals surface area contributed by atoms with Crippen LogP contribution < -0.4 is 10.1 Å². The van der Waals surface area contributed by atoms with Crippen LogP contribution in [0.25, 0.3) is 0 Å². The highest BCUT2D eigenvalue weighted by Gasteiger charge is 2.46. The Balaban J connectivity index is 0.00000200. The molecule has 20 heavy (non-hydrogen) atoms. The molecule has 2 rings (SSSR count). The van der Waals surface area contributed by atoms with E-state index in [2.05, 4.69) is 9.47 Å². The number of nitrogens with one attached hydrogen (secondary N) is 1. The van der Waals surface area contributed by atoms with E-state index in [0.29, 0.717) is 0 Å². The highest BCUT2D eigenvalue weighted by atomic mass is 35.5. The maximum atomic E-state index is 13.5. The van der Waals surface area contributed by atoms with Gasteiger partial charge in [0.05, 0.1) is 0 Å². The van der Waals surface area contributed by atoms with Crippen molar-refractivity contribution in [3.8, 4) is 5.75 Å². The molecule has 1 N–H and O–H groups in total. The van der Waals surface area contributed by atoms with Crippen molar-refractivity contribution in [1.82, 2.24) is 5.32 Å². The van der Waals surface area contributed by atoms with Crippen molar-refractivity contribution < 1.29 is 31.8 Å². The minimum Gasteiger partial charge on any atom is -0.443 e. The lowest BCUT2D eigenvalue weighted by Gasteiger charge is -2.31. The van der Waals surface area contributed by atoms with Gasteiger partial charge < -0.3 is 14.8 Å². The van der Waals surface area contributed by atoms with Gasteiger partial charge in [0.1, 0.15) is 11.8 Å². The maximum Gasteiger partial charge on any atom is 0.408 e. The summed E-state index contributed by atoms with van der Waals surface area (Å²) in [6, 6.07) is 3.05. The molecular weight excluding hydrogens is 306 g/mol. The van der Waals surface area contributed by atoms with Gasteiger partial charge >= 0.3 is 18.6 Å². The Morgan fingerprint density at radius 2 is 1.90 bits per heavy atom. The smallest absolute Gasteiger partial charge is 0.408 e. The van der Waals surface area contributed by atoms with Crippen LogP contribution in [0.3, 0.4) is 0 Å². The van der Waals surface area contributed by atoms with Crippen LogP contribution in [-0.4, -0.2) is 25.2 Å². The Bertz CT molecular complexity index is 469. The average Bonchev–Trinajstić information content (AvgIpc) is 2.33. The number of alkyl carbamates (subject to hydrolysis) is 1. The zero-order chi connectivity index (χ0) is 14.0. The van der Waals surface area contributed by atoms with E-state index < -0.39 is 31.3 Å². The van der Waals surface area contributed by atoms with Gasteiger partial charge in [0.2, 0.25) is 0 Å². The molecule has 0 radical (unpaired) electrons. The molecular formula is C11H10ClF4NO3. The van der Waals surface area contributed by atoms with E-state index in [4.69, 9.17) is 0 Å². The SMILES string of the molecule is Cl.O=C1N[C@@H](c2ccc(OC(F)F)cc2)C(F)(F)CO1. The zero-order valence-electron chi connectivity index (χ0n) is 9.82. The largest absolute Gasteiger partial charge is 0.443 e. The van der Waals surface area contributed by atoms with Crippen molar-refractivity contribution in [2.24, 2.45) is 0 Å². The Morgan fingerprint density at radius 3 is 2.45 bits per heavy atom. The molecule has 1 atom stereocenters. The Kier molecular flexibility index (Phi) is 5.04. The van der Waals surface area contributed by atoms with Gasteiger partial charge in [-0.25, -0.2) is 13.6 Å². The molecule has 0 saturated carbocycles. The molecule has 0 unspecified atom stereocenters. The first-order valence-corrected chi connectivity index (χ1v) is 5.24. The van der Waals surface area contributed by atoms with Gasteiger partial charge in [-0.2, -0.15) is 8.78 Å². The minimum absolute atomic E-state index is 0. The van der Waals surface area contributed by atoms with E-state index in [0.717, 1.165) is 12.1 Å². The molecule has 1 fully saturated rings. The Labute approximate surface area is 117 Å². The van der Waals surface area contributed by atoms with Crippen LogP contribution in [0.5, 0.6) is 5.75 Å². The summed E-state index contributed by atoms with van der Waals surface area (Å²) < 4.78 is 59.3. The lowest BCUT2D eigenvalue weighted by atomic mass is 10.00. The van der Waals surface area contributed by atoms with Crippen molar-refractivity contribution in [2.45, 2.75) is 18.6 Å². The van der Waals surface area contributed by atoms with E-state index >= 15 is 0 Å². The molecule has 1 aromatic rings. The summed E-state index contributed by atoms with van der Waals surface area (Å²) in [6.45, 7) is -4.02. The third-order valence-electron chi connectivity index (χ3n) is 2.52. The summed E-state index contributed by atoms with van der Waals surface area (Å²) in [5, 5.41) is 1.98. The molecule has 112 valence electrons. The second kappa shape index (κ2) is 6.17. The highest BCUT2D eigenvalue weighted by molar-refractivity contribution is 5.85. The number of cyclic esters (lactones) is 1. The van der Waals surface area contributed by atoms with Gasteiger partial charge in [-0.05, 0) is 17.7 Å². The number of halogens is 5. The summed E-state index contributed by atoms with van der Waals surface area (Å²) in [5.74, 6) is -3.43. The fourth-order valence-corrected chi connectivity index (χ4v) is 1.68. The molecule has 0 bridgehead atoms. The molecule has 0 aromatic heterocycles. The third-order valence-corrected chi connectivity index (χ3v) is 2.52. The first-order chi connectivity index (χ1) is 8.88. The molecule has 1 aliphatic heterocycles. The van der Waals surface area contributed by atoms with Gasteiger partial charge in [0, 0.05) is 0 Å². The minimum atomic E-state index is -3.28. The van der Waals surface area contributed by atoms with Crippen LogP contribution in [0.1, 0.15) is 11.6 Å². The number of hydrogen-bond acceptors (Lipinski definition) is 3. The van der Waals surface area contributed by atoms with Crippen molar-refractivity contribution in [3.05, 3.63) is 29.8 Å². The number of alkyl halides is 4. The van der Waals surface area contributed by atoms with E-state index in [1.54, 1.807) is 0 Å². The van der Waals surface area contributed by atoms with Gasteiger partial charge in [-0.3, -0.25) is 0 Å². The van der Waals surface area contributed by atoms with E-state index in [1.165, 1.54) is 12.1 Å². The fourth-order valence-electron chi connectivity index (χ4n) is 1.68.